The minimum atomic E-state index is 1.19. The van der Waals surface area contributed by atoms with Crippen LogP contribution >= 0.6 is 0 Å². The monoisotopic (exact) mass is 1060 g/mol. The van der Waals surface area contributed by atoms with Crippen molar-refractivity contribution in [3.05, 3.63) is 272 Å². The van der Waals surface area contributed by atoms with Gasteiger partial charge in [0.1, 0.15) is 0 Å². The maximum absolute atomic E-state index is 2.44. The molecular weight excluding hydrogens is 985 g/mol. The first-order valence-corrected chi connectivity index (χ1v) is 31.4. The summed E-state index contributed by atoms with van der Waals surface area (Å²) in [6.45, 7) is 0. The van der Waals surface area contributed by atoms with Crippen LogP contribution in [-0.4, -0.2) is 0 Å². The van der Waals surface area contributed by atoms with Crippen molar-refractivity contribution < 1.29 is 0 Å². The van der Waals surface area contributed by atoms with Crippen LogP contribution < -0.4 is 0 Å². The second-order valence-electron chi connectivity index (χ2n) is 24.1. The number of hydrogen-bond donors (Lipinski definition) is 0. The largest absolute Gasteiger partial charge is 0.0696 e. The molecule has 9 aromatic carbocycles. The molecule has 0 spiro atoms. The third kappa shape index (κ3) is 12.5. The van der Waals surface area contributed by atoms with E-state index in [1.54, 1.807) is 22.3 Å². The molecule has 4 aliphatic rings. The standard InChI is InChI=1S/C82H78/c1-5-17-59(18-6-1)53-63-29-41-69(42-30-63)79(70-43-31-64(32-44-70)54-60-19-7-2-8-20-60)57-67-37-49-73(50-38-67)81-75-25-13-15-27-77(75)82(78-28-16-14-26-76(78)81)74-51-39-68(40-52-74)58-80(71-45-33-65(34-46-71)55-61-21-9-3-10-22-61)72-47-35-66(36-48-72)56-62-23-11-4-12-24-62/h13-16,25-58H,1-12,17-24H2. The van der Waals surface area contributed by atoms with Gasteiger partial charge in [-0.2, -0.15) is 0 Å². The molecule has 0 aromatic heterocycles. The Balaban J connectivity index is 0.830. The number of allylic oxidation sites excluding steroid dienone is 4. The Bertz CT molecular complexity index is 3390. The van der Waals surface area contributed by atoms with Gasteiger partial charge in [0, 0.05) is 0 Å². The maximum Gasteiger partial charge on any atom is -0.00264 e. The number of benzene rings is 9. The van der Waals surface area contributed by atoms with Crippen molar-refractivity contribution in [1.82, 2.24) is 0 Å². The molecule has 0 aliphatic heterocycles. The Morgan fingerprint density at radius 1 is 0.220 bits per heavy atom. The maximum atomic E-state index is 2.44. The first kappa shape index (κ1) is 53.3. The van der Waals surface area contributed by atoms with Crippen LogP contribution in [0.1, 0.15) is 184 Å². The zero-order valence-corrected chi connectivity index (χ0v) is 48.1. The Morgan fingerprint density at radius 2 is 0.439 bits per heavy atom. The summed E-state index contributed by atoms with van der Waals surface area (Å²) in [5, 5.41) is 5.07. The van der Waals surface area contributed by atoms with Gasteiger partial charge in [0.2, 0.25) is 0 Å². The van der Waals surface area contributed by atoms with Crippen LogP contribution in [0.25, 0.3) is 91.4 Å². The van der Waals surface area contributed by atoms with Crippen molar-refractivity contribution in [3.63, 3.8) is 0 Å². The van der Waals surface area contributed by atoms with Crippen molar-refractivity contribution in [3.8, 4) is 22.3 Å². The topological polar surface area (TPSA) is 0 Å². The summed E-state index contributed by atoms with van der Waals surface area (Å²) in [5.41, 5.74) is 26.5. The molecule has 4 fully saturated rings. The van der Waals surface area contributed by atoms with Gasteiger partial charge in [-0.1, -0.05) is 266 Å². The van der Waals surface area contributed by atoms with Gasteiger partial charge in [-0.05, 0) is 225 Å². The van der Waals surface area contributed by atoms with Crippen LogP contribution in [0.2, 0.25) is 0 Å². The highest BCUT2D eigenvalue weighted by Crippen LogP contribution is 2.44. The molecule has 0 unspecified atom stereocenters. The second kappa shape index (κ2) is 25.4. The summed E-state index contributed by atoms with van der Waals surface area (Å²) in [5.74, 6) is 0. The Morgan fingerprint density at radius 3 is 0.671 bits per heavy atom. The number of hydrogen-bond acceptors (Lipinski definition) is 0. The van der Waals surface area contributed by atoms with Gasteiger partial charge in [0.25, 0.3) is 0 Å². The lowest BCUT2D eigenvalue weighted by Gasteiger charge is -2.18. The predicted molar refractivity (Wildman–Crippen MR) is 356 cm³/mol. The molecule has 0 saturated heterocycles. The third-order valence-corrected chi connectivity index (χ3v) is 18.3. The molecule has 0 nitrogen and oxygen atoms in total. The van der Waals surface area contributed by atoms with E-state index in [9.17, 15) is 0 Å². The van der Waals surface area contributed by atoms with Crippen molar-refractivity contribution in [2.45, 2.75) is 128 Å². The molecule has 0 radical (unpaired) electrons. The van der Waals surface area contributed by atoms with Crippen LogP contribution in [0, 0.1) is 0 Å². The number of fused-ring (bicyclic) bond motifs is 2. The quantitative estimate of drug-likeness (QED) is 0.0845. The molecule has 0 bridgehead atoms. The number of rotatable bonds is 12. The summed E-state index contributed by atoms with van der Waals surface area (Å²) in [6.07, 6.45) is 40.4. The van der Waals surface area contributed by atoms with Gasteiger partial charge in [-0.3, -0.25) is 0 Å². The average molecular weight is 1060 g/mol. The fourth-order valence-electron chi connectivity index (χ4n) is 13.8. The zero-order valence-electron chi connectivity index (χ0n) is 48.1. The average Bonchev–Trinajstić information content (AvgIpc) is 3.26. The molecule has 406 valence electrons. The summed E-state index contributed by atoms with van der Waals surface area (Å²) in [6, 6.07) is 74.0. The molecule has 0 N–H and O–H groups in total. The first-order chi connectivity index (χ1) is 40.6. The molecule has 0 amide bonds. The highest BCUT2D eigenvalue weighted by atomic mass is 14.2. The van der Waals surface area contributed by atoms with E-state index < -0.39 is 0 Å². The SMILES string of the molecule is C(=C1CCCCC1)c1ccc(C(=Cc2ccc(-c3c4ccccc4c(-c4ccc(C=C(c5ccc(C=C6CCCCC6)cc5)c5ccc(C=C6CCCCC6)cc5)cc4)c4ccccc34)cc2)c2ccc(C=C3CCCCC3)cc2)cc1. The summed E-state index contributed by atoms with van der Waals surface area (Å²) < 4.78 is 0. The molecule has 0 heteroatoms. The van der Waals surface area contributed by atoms with E-state index in [0.29, 0.717) is 0 Å². The molecule has 0 atom stereocenters. The van der Waals surface area contributed by atoms with Crippen molar-refractivity contribution >= 4 is 69.1 Å². The smallest absolute Gasteiger partial charge is 0.00264 e. The minimum absolute atomic E-state index is 1.19. The highest BCUT2D eigenvalue weighted by Gasteiger charge is 2.18. The molecule has 13 rings (SSSR count). The summed E-state index contributed by atoms with van der Waals surface area (Å²) in [7, 11) is 0. The van der Waals surface area contributed by atoms with E-state index in [1.807, 2.05) is 0 Å². The molecule has 4 saturated carbocycles. The van der Waals surface area contributed by atoms with E-state index in [2.05, 4.69) is 231 Å². The zero-order chi connectivity index (χ0) is 54.9. The molecule has 9 aromatic rings. The van der Waals surface area contributed by atoms with Gasteiger partial charge in [0.15, 0.2) is 0 Å². The van der Waals surface area contributed by atoms with E-state index in [0.717, 1.165) is 0 Å². The van der Waals surface area contributed by atoms with E-state index in [4.69, 9.17) is 0 Å². The fraction of sp³-hybridized carbons (Fsp3) is 0.244. The van der Waals surface area contributed by atoms with Crippen molar-refractivity contribution in [2.24, 2.45) is 0 Å². The minimum Gasteiger partial charge on any atom is -0.0696 e. The van der Waals surface area contributed by atoms with Gasteiger partial charge < -0.3 is 0 Å². The molecular formula is C82H78. The lowest BCUT2D eigenvalue weighted by atomic mass is 9.85. The Kier molecular flexibility index (Phi) is 16.5. The van der Waals surface area contributed by atoms with E-state index in [1.165, 1.54) is 239 Å². The van der Waals surface area contributed by atoms with Crippen LogP contribution in [0.4, 0.5) is 0 Å². The summed E-state index contributed by atoms with van der Waals surface area (Å²) >= 11 is 0. The molecule has 82 heavy (non-hydrogen) atoms. The van der Waals surface area contributed by atoms with Gasteiger partial charge in [-0.25, -0.2) is 0 Å². The fourth-order valence-corrected chi connectivity index (χ4v) is 13.8. The normalized spacial score (nSPS) is 15.7. The second-order valence-corrected chi connectivity index (χ2v) is 24.1. The Hall–Kier alpha value is -8.06. The van der Waals surface area contributed by atoms with Crippen LogP contribution in [0.3, 0.4) is 0 Å². The van der Waals surface area contributed by atoms with Crippen LogP contribution in [0.15, 0.2) is 216 Å². The van der Waals surface area contributed by atoms with E-state index >= 15 is 0 Å². The van der Waals surface area contributed by atoms with E-state index in [-0.39, 0.29) is 0 Å². The van der Waals surface area contributed by atoms with Crippen molar-refractivity contribution in [2.75, 3.05) is 0 Å². The van der Waals surface area contributed by atoms with Crippen LogP contribution in [-0.2, 0) is 0 Å². The van der Waals surface area contributed by atoms with Crippen molar-refractivity contribution in [1.29, 1.82) is 0 Å². The third-order valence-electron chi connectivity index (χ3n) is 18.3. The first-order valence-electron chi connectivity index (χ1n) is 31.4. The van der Waals surface area contributed by atoms with Gasteiger partial charge >= 0.3 is 0 Å². The van der Waals surface area contributed by atoms with Gasteiger partial charge in [0.05, 0.1) is 0 Å². The lowest BCUT2D eigenvalue weighted by molar-refractivity contribution is 0.602. The van der Waals surface area contributed by atoms with Gasteiger partial charge in [-0.15, -0.1) is 0 Å². The summed E-state index contributed by atoms with van der Waals surface area (Å²) in [4.78, 5) is 0. The highest BCUT2D eigenvalue weighted by molar-refractivity contribution is 6.21. The van der Waals surface area contributed by atoms with Crippen LogP contribution in [0.5, 0.6) is 0 Å². The molecule has 4 aliphatic carbocycles. The Labute approximate surface area is 489 Å². The predicted octanol–water partition coefficient (Wildman–Crippen LogP) is 23.9. The molecule has 0 heterocycles. The lowest BCUT2D eigenvalue weighted by Crippen LogP contribution is -1.94.